The monoisotopic (exact) mass is 231 g/mol. The van der Waals surface area contributed by atoms with Crippen molar-refractivity contribution in [2.45, 2.75) is 12.6 Å². The largest absolute Gasteiger partial charge is 0.480 e. The first-order chi connectivity index (χ1) is 6.80. The first-order valence-electron chi connectivity index (χ1n) is 4.37. The maximum absolute atomic E-state index is 11.6. The summed E-state index contributed by atoms with van der Waals surface area (Å²) in [6.45, 7) is 3.34. The van der Waals surface area contributed by atoms with Crippen LogP contribution in [0.4, 0.5) is 0 Å². The summed E-state index contributed by atoms with van der Waals surface area (Å²) in [6.07, 6.45) is 3.05. The fourth-order valence-electron chi connectivity index (χ4n) is 1.01. The fraction of sp³-hybridized carbons (Fsp3) is 0.500. The summed E-state index contributed by atoms with van der Waals surface area (Å²) >= 11 is 0. The lowest BCUT2D eigenvalue weighted by atomic mass is 10.3. The Kier molecular flexibility index (Phi) is 3.31. The van der Waals surface area contributed by atoms with Gasteiger partial charge < -0.3 is 15.4 Å². The van der Waals surface area contributed by atoms with Crippen LogP contribution in [-0.4, -0.2) is 40.2 Å². The van der Waals surface area contributed by atoms with Crippen molar-refractivity contribution in [3.8, 4) is 0 Å². The summed E-state index contributed by atoms with van der Waals surface area (Å²) < 4.78 is 13.0. The van der Waals surface area contributed by atoms with Crippen LogP contribution in [0.15, 0.2) is 12.4 Å². The second kappa shape index (κ2) is 4.16. The topological polar surface area (TPSA) is 98.2 Å². The maximum Gasteiger partial charge on any atom is 0.322 e. The van der Waals surface area contributed by atoms with E-state index in [0.29, 0.717) is 5.30 Å². The molecule has 1 rings (SSSR count). The molecular weight excluding hydrogens is 217 g/mol. The van der Waals surface area contributed by atoms with Gasteiger partial charge in [-0.2, -0.15) is 5.10 Å². The molecule has 0 aliphatic heterocycles. The molecule has 1 aromatic rings. The molecule has 7 heteroatoms. The smallest absolute Gasteiger partial charge is 0.322 e. The van der Waals surface area contributed by atoms with E-state index in [-0.39, 0.29) is 6.54 Å². The summed E-state index contributed by atoms with van der Waals surface area (Å²) in [7, 11) is -2.34. The minimum Gasteiger partial charge on any atom is -0.480 e. The van der Waals surface area contributed by atoms with Crippen molar-refractivity contribution in [3.05, 3.63) is 12.4 Å². The summed E-state index contributed by atoms with van der Waals surface area (Å²) in [5.41, 5.74) is 5.34. The van der Waals surface area contributed by atoms with E-state index in [4.69, 9.17) is 10.8 Å². The van der Waals surface area contributed by atoms with Gasteiger partial charge in [0.05, 0.1) is 12.7 Å². The van der Waals surface area contributed by atoms with Gasteiger partial charge in [-0.3, -0.25) is 9.48 Å². The van der Waals surface area contributed by atoms with Crippen LogP contribution >= 0.6 is 7.14 Å². The fourth-order valence-corrected chi connectivity index (χ4v) is 1.75. The SMILES string of the molecule is CP(C)(=O)c1cnn(C[C@H](N)C(=O)O)c1. The van der Waals surface area contributed by atoms with Gasteiger partial charge in [0.1, 0.15) is 13.2 Å². The summed E-state index contributed by atoms with van der Waals surface area (Å²) in [5, 5.41) is 13.1. The molecule has 0 bridgehead atoms. The Morgan fingerprint density at radius 1 is 1.73 bits per heavy atom. The lowest BCUT2D eigenvalue weighted by Gasteiger charge is -2.06. The van der Waals surface area contributed by atoms with Crippen molar-refractivity contribution < 1.29 is 14.5 Å². The number of aromatic nitrogens is 2. The summed E-state index contributed by atoms with van der Waals surface area (Å²) in [4.78, 5) is 10.5. The van der Waals surface area contributed by atoms with E-state index >= 15 is 0 Å². The number of carboxylic acids is 1. The molecule has 0 unspecified atom stereocenters. The minimum atomic E-state index is -2.34. The summed E-state index contributed by atoms with van der Waals surface area (Å²) in [6, 6.07) is -0.995. The lowest BCUT2D eigenvalue weighted by molar-refractivity contribution is -0.138. The Labute approximate surface area is 87.4 Å². The van der Waals surface area contributed by atoms with Crippen molar-refractivity contribution >= 4 is 18.4 Å². The Balaban J connectivity index is 2.78. The first-order valence-corrected chi connectivity index (χ1v) is 6.97. The average molecular weight is 231 g/mol. The predicted molar refractivity (Wildman–Crippen MR) is 56.9 cm³/mol. The highest BCUT2D eigenvalue weighted by molar-refractivity contribution is 7.70. The van der Waals surface area contributed by atoms with Crippen LogP contribution in [0, 0.1) is 0 Å². The maximum atomic E-state index is 11.6. The van der Waals surface area contributed by atoms with Crippen LogP contribution in [0.5, 0.6) is 0 Å². The molecule has 3 N–H and O–H groups in total. The van der Waals surface area contributed by atoms with Crippen LogP contribution in [0.1, 0.15) is 0 Å². The second-order valence-corrected chi connectivity index (χ2v) is 6.93. The first kappa shape index (κ1) is 11.9. The molecule has 0 aliphatic rings. The molecular formula is C8H14N3O3P. The number of carbonyl (C=O) groups is 1. The normalized spacial score (nSPS) is 13.8. The zero-order valence-electron chi connectivity index (χ0n) is 8.62. The van der Waals surface area contributed by atoms with E-state index < -0.39 is 19.2 Å². The van der Waals surface area contributed by atoms with E-state index in [1.807, 2.05) is 0 Å². The number of rotatable bonds is 4. The van der Waals surface area contributed by atoms with E-state index in [1.165, 1.54) is 10.9 Å². The van der Waals surface area contributed by atoms with Gasteiger partial charge >= 0.3 is 5.97 Å². The summed E-state index contributed by atoms with van der Waals surface area (Å²) in [5.74, 6) is -1.08. The van der Waals surface area contributed by atoms with Crippen molar-refractivity contribution in [3.63, 3.8) is 0 Å². The molecule has 15 heavy (non-hydrogen) atoms. The molecule has 0 spiro atoms. The highest BCUT2D eigenvalue weighted by Crippen LogP contribution is 2.33. The molecule has 6 nitrogen and oxygen atoms in total. The minimum absolute atomic E-state index is 0.0787. The molecule has 0 amide bonds. The zero-order valence-corrected chi connectivity index (χ0v) is 9.52. The van der Waals surface area contributed by atoms with Crippen LogP contribution in [0.2, 0.25) is 0 Å². The third kappa shape index (κ3) is 3.18. The van der Waals surface area contributed by atoms with Gasteiger partial charge in [-0.05, 0) is 13.3 Å². The molecule has 84 valence electrons. The van der Waals surface area contributed by atoms with E-state index in [1.54, 1.807) is 19.5 Å². The van der Waals surface area contributed by atoms with Gasteiger partial charge in [-0.25, -0.2) is 0 Å². The highest BCUT2D eigenvalue weighted by atomic mass is 31.2. The van der Waals surface area contributed by atoms with E-state index in [9.17, 15) is 9.36 Å². The number of hydrogen-bond donors (Lipinski definition) is 2. The quantitative estimate of drug-likeness (QED) is 0.683. The van der Waals surface area contributed by atoms with Gasteiger partial charge in [0, 0.05) is 11.5 Å². The number of hydrogen-bond acceptors (Lipinski definition) is 4. The Bertz CT molecular complexity index is 409. The Hall–Kier alpha value is -1.13. The van der Waals surface area contributed by atoms with Crippen molar-refractivity contribution in [1.82, 2.24) is 9.78 Å². The van der Waals surface area contributed by atoms with Gasteiger partial charge in [0.25, 0.3) is 0 Å². The number of carboxylic acid groups (broad SMARTS) is 1. The molecule has 1 heterocycles. The van der Waals surface area contributed by atoms with Crippen LogP contribution in [0.3, 0.4) is 0 Å². The van der Waals surface area contributed by atoms with E-state index in [2.05, 4.69) is 5.10 Å². The Morgan fingerprint density at radius 3 is 2.73 bits per heavy atom. The van der Waals surface area contributed by atoms with Gasteiger partial charge in [-0.1, -0.05) is 0 Å². The van der Waals surface area contributed by atoms with E-state index in [0.717, 1.165) is 0 Å². The van der Waals surface area contributed by atoms with Crippen molar-refractivity contribution in [1.29, 1.82) is 0 Å². The molecule has 0 fully saturated rings. The zero-order chi connectivity index (χ0) is 11.6. The van der Waals surface area contributed by atoms with Gasteiger partial charge in [0.15, 0.2) is 0 Å². The third-order valence-corrected chi connectivity index (χ3v) is 3.42. The number of nitrogens with two attached hydrogens (primary N) is 1. The number of nitrogens with zero attached hydrogens (tertiary/aromatic N) is 2. The highest BCUT2D eigenvalue weighted by Gasteiger charge is 2.16. The second-order valence-electron chi connectivity index (χ2n) is 3.72. The van der Waals surface area contributed by atoms with Crippen LogP contribution in [0.25, 0.3) is 0 Å². The molecule has 0 saturated heterocycles. The van der Waals surface area contributed by atoms with Gasteiger partial charge in [0.2, 0.25) is 0 Å². The average Bonchev–Trinajstić information content (AvgIpc) is 2.51. The molecule has 0 aromatic carbocycles. The molecule has 0 radical (unpaired) electrons. The Morgan fingerprint density at radius 2 is 2.33 bits per heavy atom. The van der Waals surface area contributed by atoms with Crippen molar-refractivity contribution in [2.24, 2.45) is 5.73 Å². The standard InChI is InChI=1S/C8H14N3O3P/c1-15(2,14)6-3-10-11(4-6)5-7(9)8(12)13/h3-4,7H,5,9H2,1-2H3,(H,12,13)/t7-/m0/s1. The van der Waals surface area contributed by atoms with Crippen LogP contribution in [-0.2, 0) is 15.9 Å². The number of aliphatic carboxylic acids is 1. The van der Waals surface area contributed by atoms with Crippen molar-refractivity contribution in [2.75, 3.05) is 13.3 Å². The lowest BCUT2D eigenvalue weighted by Crippen LogP contribution is -2.34. The molecule has 0 saturated carbocycles. The van der Waals surface area contributed by atoms with Gasteiger partial charge in [-0.15, -0.1) is 0 Å². The molecule has 1 aromatic heterocycles. The molecule has 0 aliphatic carbocycles. The van der Waals surface area contributed by atoms with Crippen LogP contribution < -0.4 is 11.0 Å². The molecule has 1 atom stereocenters. The predicted octanol–water partition coefficient (Wildman–Crippen LogP) is -0.457. The third-order valence-electron chi connectivity index (χ3n) is 1.94.